The van der Waals surface area contributed by atoms with Crippen LogP contribution in [0.1, 0.15) is 6.42 Å². The van der Waals surface area contributed by atoms with Crippen molar-refractivity contribution in [1.29, 1.82) is 0 Å². The van der Waals surface area contributed by atoms with Crippen LogP contribution in [0.3, 0.4) is 0 Å². The maximum atomic E-state index is 13.5. The van der Waals surface area contributed by atoms with Crippen molar-refractivity contribution in [3.8, 4) is 0 Å². The molecule has 0 saturated carbocycles. The zero-order valence-corrected chi connectivity index (χ0v) is 15.8. The summed E-state index contributed by atoms with van der Waals surface area (Å²) in [7, 11) is 0. The number of halogens is 2. The maximum absolute atomic E-state index is 13.5. The number of rotatable bonds is 2. The molecule has 1 saturated heterocycles. The average molecular weight is 416 g/mol. The van der Waals surface area contributed by atoms with Gasteiger partial charge in [0.1, 0.15) is 0 Å². The number of carbonyl (C=O) groups is 2. The normalized spacial score (nSPS) is 14.6. The third kappa shape index (κ3) is 4.02. The molecule has 1 aromatic heterocycles. The van der Waals surface area contributed by atoms with Gasteiger partial charge >= 0.3 is 17.6 Å². The molecule has 0 atom stereocenters. The summed E-state index contributed by atoms with van der Waals surface area (Å²) >= 11 is 0. The second kappa shape index (κ2) is 7.97. The van der Waals surface area contributed by atoms with Crippen molar-refractivity contribution in [2.24, 2.45) is 0 Å². The molecule has 2 amide bonds. The van der Waals surface area contributed by atoms with Gasteiger partial charge in [0.05, 0.1) is 5.52 Å². The van der Waals surface area contributed by atoms with E-state index in [1.807, 2.05) is 4.90 Å². The summed E-state index contributed by atoms with van der Waals surface area (Å²) in [6.07, 6.45) is 0.568. The maximum Gasteiger partial charge on any atom is 0.417 e. The van der Waals surface area contributed by atoms with E-state index in [1.54, 1.807) is 12.1 Å². The van der Waals surface area contributed by atoms with E-state index < -0.39 is 29.2 Å². The van der Waals surface area contributed by atoms with Gasteiger partial charge in [-0.25, -0.2) is 13.6 Å². The number of hydrogen-bond acceptors (Lipinski definition) is 5. The van der Waals surface area contributed by atoms with Crippen molar-refractivity contribution >= 4 is 34.3 Å². The summed E-state index contributed by atoms with van der Waals surface area (Å²) in [5.41, 5.74) is 1.59. The molecule has 0 radical (unpaired) electrons. The first-order valence-electron chi connectivity index (χ1n) is 9.34. The molecule has 2 heterocycles. The van der Waals surface area contributed by atoms with Crippen LogP contribution in [0.4, 0.5) is 20.2 Å². The molecule has 0 aliphatic carbocycles. The van der Waals surface area contributed by atoms with Crippen LogP contribution >= 0.6 is 0 Å². The van der Waals surface area contributed by atoms with Crippen molar-refractivity contribution in [2.45, 2.75) is 6.42 Å². The monoisotopic (exact) mass is 416 g/mol. The zero-order chi connectivity index (χ0) is 21.3. The minimum atomic E-state index is -0.931. The number of hydrogen-bond donors (Lipinski definition) is 2. The molecule has 1 fully saturated rings. The minimum absolute atomic E-state index is 0.261. The second-order valence-electron chi connectivity index (χ2n) is 6.91. The number of aromatic amines is 1. The van der Waals surface area contributed by atoms with Gasteiger partial charge in [-0.1, -0.05) is 0 Å². The minimum Gasteiger partial charge on any atom is -0.408 e. The molecule has 30 heavy (non-hydrogen) atoms. The molecule has 0 unspecified atom stereocenters. The Bertz CT molecular complexity index is 1170. The van der Waals surface area contributed by atoms with Crippen molar-refractivity contribution in [2.75, 3.05) is 36.4 Å². The van der Waals surface area contributed by atoms with Crippen LogP contribution in [0.15, 0.2) is 45.6 Å². The van der Waals surface area contributed by atoms with Gasteiger partial charge in [0.15, 0.2) is 17.2 Å². The van der Waals surface area contributed by atoms with E-state index in [4.69, 9.17) is 4.42 Å². The molecule has 0 spiro atoms. The van der Waals surface area contributed by atoms with Crippen LogP contribution < -0.4 is 16.0 Å². The van der Waals surface area contributed by atoms with Crippen molar-refractivity contribution in [3.63, 3.8) is 0 Å². The lowest BCUT2D eigenvalue weighted by Crippen LogP contribution is -2.41. The van der Waals surface area contributed by atoms with E-state index in [0.29, 0.717) is 42.9 Å². The predicted molar refractivity (Wildman–Crippen MR) is 105 cm³/mol. The SMILES string of the molecule is O=C(Nc1ccc2[nH]c(=O)oc2c1)C(=O)N1CCCN(c2ccc(F)c(F)c2)CC1. The van der Waals surface area contributed by atoms with E-state index in [2.05, 4.69) is 10.3 Å². The summed E-state index contributed by atoms with van der Waals surface area (Å²) in [6, 6.07) is 8.23. The standard InChI is InChI=1S/C20H18F2N4O4/c21-14-4-3-13(11-15(14)22)25-6-1-7-26(9-8-25)19(28)18(27)23-12-2-5-16-17(10-12)30-20(29)24-16/h2-5,10-11H,1,6-9H2,(H,23,27)(H,24,29). The van der Waals surface area contributed by atoms with Crippen molar-refractivity contribution in [3.05, 3.63) is 58.6 Å². The Kier molecular flexibility index (Phi) is 5.21. The number of fused-ring (bicyclic) bond motifs is 1. The molecule has 10 heteroatoms. The van der Waals surface area contributed by atoms with Gasteiger partial charge in [-0.05, 0) is 30.7 Å². The highest BCUT2D eigenvalue weighted by atomic mass is 19.2. The van der Waals surface area contributed by atoms with Gasteiger partial charge in [0, 0.05) is 49.7 Å². The van der Waals surface area contributed by atoms with Crippen LogP contribution in [-0.4, -0.2) is 47.9 Å². The van der Waals surface area contributed by atoms with Gasteiger partial charge in [-0.3, -0.25) is 14.6 Å². The molecule has 0 bridgehead atoms. The molecule has 4 rings (SSSR count). The highest BCUT2D eigenvalue weighted by Crippen LogP contribution is 2.20. The Morgan fingerprint density at radius 1 is 1.00 bits per heavy atom. The lowest BCUT2D eigenvalue weighted by molar-refractivity contribution is -0.143. The summed E-state index contributed by atoms with van der Waals surface area (Å²) in [6.45, 7) is 1.54. The van der Waals surface area contributed by atoms with Crippen molar-refractivity contribution in [1.82, 2.24) is 9.88 Å². The van der Waals surface area contributed by atoms with E-state index in [0.717, 1.165) is 12.1 Å². The van der Waals surface area contributed by atoms with Crippen LogP contribution in [0, 0.1) is 11.6 Å². The highest BCUT2D eigenvalue weighted by Gasteiger charge is 2.25. The van der Waals surface area contributed by atoms with Crippen LogP contribution in [0.5, 0.6) is 0 Å². The van der Waals surface area contributed by atoms with Crippen LogP contribution in [-0.2, 0) is 9.59 Å². The first-order chi connectivity index (χ1) is 14.4. The Morgan fingerprint density at radius 2 is 1.83 bits per heavy atom. The van der Waals surface area contributed by atoms with E-state index in [1.165, 1.54) is 17.0 Å². The number of nitrogens with one attached hydrogen (secondary N) is 2. The molecule has 2 N–H and O–H groups in total. The Labute approximate surface area is 169 Å². The number of carbonyl (C=O) groups excluding carboxylic acids is 2. The van der Waals surface area contributed by atoms with E-state index in [9.17, 15) is 23.2 Å². The van der Waals surface area contributed by atoms with Crippen LogP contribution in [0.25, 0.3) is 11.1 Å². The number of oxazole rings is 1. The zero-order valence-electron chi connectivity index (χ0n) is 15.8. The van der Waals surface area contributed by atoms with Gasteiger partial charge in [-0.2, -0.15) is 0 Å². The number of H-pyrrole nitrogens is 1. The highest BCUT2D eigenvalue weighted by molar-refractivity contribution is 6.39. The number of anilines is 2. The first kappa shape index (κ1) is 19.6. The third-order valence-corrected chi connectivity index (χ3v) is 4.92. The predicted octanol–water partition coefficient (Wildman–Crippen LogP) is 2.08. The third-order valence-electron chi connectivity index (χ3n) is 4.92. The fourth-order valence-electron chi connectivity index (χ4n) is 3.41. The topological polar surface area (TPSA) is 98.6 Å². The van der Waals surface area contributed by atoms with Crippen LogP contribution in [0.2, 0.25) is 0 Å². The average Bonchev–Trinajstić information content (AvgIpc) is 2.93. The molecule has 3 aromatic rings. The largest absolute Gasteiger partial charge is 0.417 e. The summed E-state index contributed by atoms with van der Waals surface area (Å²) in [4.78, 5) is 41.9. The first-order valence-corrected chi connectivity index (χ1v) is 9.34. The molecule has 156 valence electrons. The van der Waals surface area contributed by atoms with Gasteiger partial charge in [-0.15, -0.1) is 0 Å². The lowest BCUT2D eigenvalue weighted by Gasteiger charge is -2.23. The Balaban J connectivity index is 1.40. The smallest absolute Gasteiger partial charge is 0.408 e. The fraction of sp³-hybridized carbons (Fsp3) is 0.250. The van der Waals surface area contributed by atoms with Gasteiger partial charge < -0.3 is 19.5 Å². The number of amides is 2. The Morgan fingerprint density at radius 3 is 2.63 bits per heavy atom. The van der Waals surface area contributed by atoms with Gasteiger partial charge in [0.2, 0.25) is 0 Å². The number of aromatic nitrogens is 1. The molecular weight excluding hydrogens is 398 g/mol. The Hall–Kier alpha value is -3.69. The molecule has 1 aliphatic heterocycles. The van der Waals surface area contributed by atoms with E-state index in [-0.39, 0.29) is 12.1 Å². The lowest BCUT2D eigenvalue weighted by atomic mass is 10.2. The number of benzene rings is 2. The number of nitrogens with zero attached hydrogens (tertiary/aromatic N) is 2. The second-order valence-corrected chi connectivity index (χ2v) is 6.91. The molecule has 2 aromatic carbocycles. The van der Waals surface area contributed by atoms with E-state index >= 15 is 0 Å². The summed E-state index contributed by atoms with van der Waals surface area (Å²) in [5, 5.41) is 2.51. The summed E-state index contributed by atoms with van der Waals surface area (Å²) < 4.78 is 31.6. The molecule has 8 nitrogen and oxygen atoms in total. The quantitative estimate of drug-likeness (QED) is 0.624. The fourth-order valence-corrected chi connectivity index (χ4v) is 3.41. The van der Waals surface area contributed by atoms with Crippen molar-refractivity contribution < 1.29 is 22.8 Å². The molecular formula is C20H18F2N4O4. The molecule has 1 aliphatic rings. The van der Waals surface area contributed by atoms with Gasteiger partial charge in [0.25, 0.3) is 0 Å². The summed E-state index contributed by atoms with van der Waals surface area (Å²) in [5.74, 6) is -3.97.